The van der Waals surface area contributed by atoms with Gasteiger partial charge in [-0.2, -0.15) is 0 Å². The number of fused-ring (bicyclic) bond motifs is 1. The first-order valence-electron chi connectivity index (χ1n) is 7.52. The van der Waals surface area contributed by atoms with Gasteiger partial charge in [-0.15, -0.1) is 0 Å². The van der Waals surface area contributed by atoms with Gasteiger partial charge in [0.2, 0.25) is 0 Å². The van der Waals surface area contributed by atoms with Gasteiger partial charge in [-0.3, -0.25) is 4.98 Å². The fraction of sp³-hybridized carbons (Fsp3) is 0.438. The molecule has 2 fully saturated rings. The predicted octanol–water partition coefficient (Wildman–Crippen LogP) is 1.90. The van der Waals surface area contributed by atoms with E-state index in [0.717, 1.165) is 37.0 Å². The summed E-state index contributed by atoms with van der Waals surface area (Å²) in [5.41, 5.74) is 0.982. The molecule has 0 amide bonds. The average molecular weight is 281 g/mol. The topological polar surface area (TPSA) is 45.2 Å². The van der Waals surface area contributed by atoms with Crippen LogP contribution in [-0.4, -0.2) is 40.6 Å². The molecule has 5 nitrogen and oxygen atoms in total. The first kappa shape index (κ1) is 12.6. The molecule has 2 atom stereocenters. The lowest BCUT2D eigenvalue weighted by atomic mass is 10.1. The number of pyridine rings is 1. The molecule has 4 heterocycles. The summed E-state index contributed by atoms with van der Waals surface area (Å²) < 4.78 is 0. The van der Waals surface area contributed by atoms with Crippen LogP contribution in [0.3, 0.4) is 0 Å². The van der Waals surface area contributed by atoms with Crippen molar-refractivity contribution in [3.05, 3.63) is 42.5 Å². The highest BCUT2D eigenvalue weighted by Gasteiger charge is 2.42. The minimum absolute atomic E-state index is 0.531. The van der Waals surface area contributed by atoms with Crippen molar-refractivity contribution < 1.29 is 0 Å². The van der Waals surface area contributed by atoms with E-state index in [9.17, 15) is 0 Å². The largest absolute Gasteiger partial charge is 0.354 e. The fourth-order valence-electron chi connectivity index (χ4n) is 3.56. The molecule has 21 heavy (non-hydrogen) atoms. The smallest absolute Gasteiger partial charge is 0.147 e. The van der Waals surface area contributed by atoms with Crippen LogP contribution in [0.2, 0.25) is 0 Å². The minimum atomic E-state index is 0.531. The van der Waals surface area contributed by atoms with E-state index in [2.05, 4.69) is 36.9 Å². The highest BCUT2D eigenvalue weighted by Crippen LogP contribution is 2.35. The standard InChI is InChI=1S/C16H19N5/c1-12-8-17-9-16(19-12)21-7-5-13-10-20(11-14(13)21)15-4-2-3-6-18-15/h2-4,6,8-9,13-14H,5,7,10-11H2,1H3. The molecule has 0 aliphatic carbocycles. The summed E-state index contributed by atoms with van der Waals surface area (Å²) in [5.74, 6) is 2.81. The molecule has 2 unspecified atom stereocenters. The molecule has 108 valence electrons. The van der Waals surface area contributed by atoms with E-state index >= 15 is 0 Å². The van der Waals surface area contributed by atoms with Gasteiger partial charge < -0.3 is 9.80 Å². The van der Waals surface area contributed by atoms with Crippen LogP contribution in [0.25, 0.3) is 0 Å². The predicted molar refractivity (Wildman–Crippen MR) is 82.5 cm³/mol. The molecule has 2 aromatic heterocycles. The SMILES string of the molecule is Cc1cncc(N2CCC3CN(c4ccccn4)CC32)n1. The number of nitrogens with zero attached hydrogens (tertiary/aromatic N) is 5. The van der Waals surface area contributed by atoms with Crippen LogP contribution in [0.5, 0.6) is 0 Å². The molecular weight excluding hydrogens is 262 g/mol. The highest BCUT2D eigenvalue weighted by atomic mass is 15.3. The van der Waals surface area contributed by atoms with E-state index < -0.39 is 0 Å². The molecule has 2 aliphatic rings. The van der Waals surface area contributed by atoms with Crippen molar-refractivity contribution in [2.24, 2.45) is 5.92 Å². The Morgan fingerprint density at radius 1 is 1.14 bits per heavy atom. The van der Waals surface area contributed by atoms with Gasteiger partial charge in [0.05, 0.1) is 17.9 Å². The fourth-order valence-corrected chi connectivity index (χ4v) is 3.56. The zero-order chi connectivity index (χ0) is 14.2. The number of rotatable bonds is 2. The van der Waals surface area contributed by atoms with Gasteiger partial charge in [0.1, 0.15) is 11.6 Å². The number of aromatic nitrogens is 3. The lowest BCUT2D eigenvalue weighted by Crippen LogP contribution is -2.36. The van der Waals surface area contributed by atoms with Crippen LogP contribution in [0.1, 0.15) is 12.1 Å². The summed E-state index contributed by atoms with van der Waals surface area (Å²) in [7, 11) is 0. The van der Waals surface area contributed by atoms with Crippen molar-refractivity contribution in [2.45, 2.75) is 19.4 Å². The summed E-state index contributed by atoms with van der Waals surface area (Å²) in [5, 5.41) is 0. The molecule has 5 heteroatoms. The quantitative estimate of drug-likeness (QED) is 0.841. The number of hydrogen-bond acceptors (Lipinski definition) is 5. The monoisotopic (exact) mass is 281 g/mol. The highest BCUT2D eigenvalue weighted by molar-refractivity contribution is 5.46. The summed E-state index contributed by atoms with van der Waals surface area (Å²) >= 11 is 0. The Balaban J connectivity index is 1.56. The second kappa shape index (κ2) is 4.98. The Morgan fingerprint density at radius 3 is 2.90 bits per heavy atom. The molecule has 2 aromatic rings. The second-order valence-corrected chi connectivity index (χ2v) is 5.92. The van der Waals surface area contributed by atoms with Crippen molar-refractivity contribution in [3.63, 3.8) is 0 Å². The van der Waals surface area contributed by atoms with E-state index in [1.807, 2.05) is 31.6 Å². The van der Waals surface area contributed by atoms with E-state index in [-0.39, 0.29) is 0 Å². The van der Waals surface area contributed by atoms with Gasteiger partial charge >= 0.3 is 0 Å². The van der Waals surface area contributed by atoms with Gasteiger partial charge in [-0.05, 0) is 25.5 Å². The van der Waals surface area contributed by atoms with Crippen LogP contribution >= 0.6 is 0 Å². The number of hydrogen-bond donors (Lipinski definition) is 0. The Labute approximate surface area is 124 Å². The maximum Gasteiger partial charge on any atom is 0.147 e. The number of anilines is 2. The van der Waals surface area contributed by atoms with Crippen LogP contribution in [0.15, 0.2) is 36.8 Å². The van der Waals surface area contributed by atoms with E-state index in [1.54, 1.807) is 0 Å². The van der Waals surface area contributed by atoms with Gasteiger partial charge in [0, 0.05) is 37.9 Å². The molecule has 2 aliphatic heterocycles. The first-order valence-corrected chi connectivity index (χ1v) is 7.52. The van der Waals surface area contributed by atoms with Crippen molar-refractivity contribution in [1.82, 2.24) is 15.0 Å². The van der Waals surface area contributed by atoms with Gasteiger partial charge in [-0.1, -0.05) is 6.07 Å². The molecule has 2 saturated heterocycles. The third kappa shape index (κ3) is 2.22. The summed E-state index contributed by atoms with van der Waals surface area (Å²) in [6, 6.07) is 6.65. The molecule has 0 saturated carbocycles. The maximum absolute atomic E-state index is 4.64. The van der Waals surface area contributed by atoms with Gasteiger partial charge in [0.25, 0.3) is 0 Å². The van der Waals surface area contributed by atoms with Crippen molar-refractivity contribution in [2.75, 3.05) is 29.4 Å². The van der Waals surface area contributed by atoms with E-state index in [4.69, 9.17) is 0 Å². The summed E-state index contributed by atoms with van der Waals surface area (Å²) in [6.45, 7) is 5.21. The van der Waals surface area contributed by atoms with Crippen LogP contribution in [-0.2, 0) is 0 Å². The van der Waals surface area contributed by atoms with Gasteiger partial charge in [-0.25, -0.2) is 9.97 Å². The zero-order valence-corrected chi connectivity index (χ0v) is 12.2. The third-order valence-electron chi connectivity index (χ3n) is 4.56. The molecule has 4 rings (SSSR count). The van der Waals surface area contributed by atoms with Crippen molar-refractivity contribution in [3.8, 4) is 0 Å². The van der Waals surface area contributed by atoms with Crippen molar-refractivity contribution >= 4 is 11.6 Å². The molecule has 0 N–H and O–H groups in total. The third-order valence-corrected chi connectivity index (χ3v) is 4.56. The lowest BCUT2D eigenvalue weighted by molar-refractivity contribution is 0.579. The molecule has 0 radical (unpaired) electrons. The Bertz CT molecular complexity index is 630. The van der Waals surface area contributed by atoms with Crippen LogP contribution < -0.4 is 9.80 Å². The van der Waals surface area contributed by atoms with E-state index in [1.165, 1.54) is 6.42 Å². The normalized spacial score (nSPS) is 24.4. The first-order chi connectivity index (χ1) is 10.3. The van der Waals surface area contributed by atoms with E-state index in [0.29, 0.717) is 12.0 Å². The van der Waals surface area contributed by atoms with Crippen LogP contribution in [0, 0.1) is 12.8 Å². The maximum atomic E-state index is 4.64. The molecule has 0 bridgehead atoms. The Morgan fingerprint density at radius 2 is 2.10 bits per heavy atom. The average Bonchev–Trinajstić information content (AvgIpc) is 3.08. The lowest BCUT2D eigenvalue weighted by Gasteiger charge is -2.26. The molecule has 0 aromatic carbocycles. The van der Waals surface area contributed by atoms with Gasteiger partial charge in [0.15, 0.2) is 0 Å². The molecule has 0 spiro atoms. The second-order valence-electron chi connectivity index (χ2n) is 5.92. The zero-order valence-electron chi connectivity index (χ0n) is 12.2. The van der Waals surface area contributed by atoms with Crippen molar-refractivity contribution in [1.29, 1.82) is 0 Å². The Kier molecular flexibility index (Phi) is 2.98. The summed E-state index contributed by atoms with van der Waals surface area (Å²) in [6.07, 6.45) is 6.79. The summed E-state index contributed by atoms with van der Waals surface area (Å²) in [4.78, 5) is 18.2. The van der Waals surface area contributed by atoms with Crippen LogP contribution in [0.4, 0.5) is 11.6 Å². The minimum Gasteiger partial charge on any atom is -0.354 e. The number of aryl methyl sites for hydroxylation is 1. The Hall–Kier alpha value is -2.17. The molecular formula is C16H19N5.